The van der Waals surface area contributed by atoms with Gasteiger partial charge in [0, 0.05) is 19.3 Å². The Morgan fingerprint density at radius 2 is 1.70 bits per heavy atom. The van der Waals surface area contributed by atoms with Crippen LogP contribution in [0.2, 0.25) is 0 Å². The van der Waals surface area contributed by atoms with Crippen molar-refractivity contribution >= 4 is 5.91 Å². The molecule has 15 atom stereocenters. The molecule has 44 heavy (non-hydrogen) atoms. The number of rotatable bonds is 11. The molecular weight excluding hydrogens is 584 g/mol. The van der Waals surface area contributed by atoms with E-state index in [2.05, 4.69) is 5.32 Å². The standard InChI is InChI=1S/C29H52N2O13/c1-12(2)6-7-15(43-28-25(37)21(30)23(35)14(5)42-28)8-19-20(17(33)10-29(40,44-19)9-16(32)13(3)4)26(38)31-22-24(36)18(34)11-41-27(22)39/h6-7,12-25,27-28,32-37,39-40H,8-11,30H2,1-5H3,(H,31,38)/b7-6+/t14?,15-,16+,17-,18?,19?,20+,21?,22?,23?,24?,25?,27?,28?,29+/m0/s1. The molecule has 0 bridgehead atoms. The molecule has 10 unspecified atom stereocenters. The second-order valence-corrected chi connectivity index (χ2v) is 13.0. The number of hydrogen-bond donors (Lipinski definition) is 10. The van der Waals surface area contributed by atoms with Crippen LogP contribution in [0.15, 0.2) is 12.2 Å². The predicted octanol–water partition coefficient (Wildman–Crippen LogP) is -2.82. The SMILES string of the molecule is CC(C)/C=C/[C@@H](CC1O[C@](O)(C[C@@H](O)C(C)C)C[C@H](O)[C@H]1C(=O)NC1C(O)OCC(O)C1O)OC1OC(C)C(O)C(N)C1O. The fraction of sp³-hybridized carbons (Fsp3) is 0.897. The molecule has 11 N–H and O–H groups in total. The molecule has 0 aromatic carbocycles. The van der Waals surface area contributed by atoms with Gasteiger partial charge in [-0.05, 0) is 18.8 Å². The minimum Gasteiger partial charge on any atom is -0.393 e. The highest BCUT2D eigenvalue weighted by Crippen LogP contribution is 2.38. The number of aliphatic hydroxyl groups is 8. The summed E-state index contributed by atoms with van der Waals surface area (Å²) in [5.74, 6) is -4.49. The van der Waals surface area contributed by atoms with Crippen LogP contribution in [0, 0.1) is 17.8 Å². The summed E-state index contributed by atoms with van der Waals surface area (Å²) < 4.78 is 22.9. The summed E-state index contributed by atoms with van der Waals surface area (Å²) in [5.41, 5.74) is 5.98. The second-order valence-electron chi connectivity index (χ2n) is 13.0. The van der Waals surface area contributed by atoms with Crippen LogP contribution in [0.1, 0.15) is 53.9 Å². The minimum absolute atomic E-state index is 0.0529. The van der Waals surface area contributed by atoms with Crippen LogP contribution in [-0.4, -0.2) is 139 Å². The van der Waals surface area contributed by atoms with E-state index in [1.54, 1.807) is 32.9 Å². The van der Waals surface area contributed by atoms with Crippen molar-refractivity contribution in [1.29, 1.82) is 0 Å². The molecule has 256 valence electrons. The highest BCUT2D eigenvalue weighted by atomic mass is 16.7. The Labute approximate surface area is 257 Å². The third-order valence-corrected chi connectivity index (χ3v) is 8.51. The molecule has 3 fully saturated rings. The zero-order chi connectivity index (χ0) is 33.1. The van der Waals surface area contributed by atoms with Crippen LogP contribution in [0.25, 0.3) is 0 Å². The first-order valence-electron chi connectivity index (χ1n) is 15.3. The largest absolute Gasteiger partial charge is 0.393 e. The normalized spacial score (nSPS) is 43.4. The Hall–Kier alpha value is -1.31. The number of amides is 1. The number of carbonyl (C=O) groups excluding carboxylic acids is 1. The molecule has 0 aliphatic carbocycles. The van der Waals surface area contributed by atoms with Gasteiger partial charge < -0.3 is 70.9 Å². The number of ether oxygens (including phenoxy) is 4. The smallest absolute Gasteiger partial charge is 0.228 e. The number of allylic oxidation sites excluding steroid dienone is 1. The van der Waals surface area contributed by atoms with Crippen molar-refractivity contribution in [2.45, 2.75) is 139 Å². The maximum atomic E-state index is 13.6. The Kier molecular flexibility index (Phi) is 13.1. The summed E-state index contributed by atoms with van der Waals surface area (Å²) in [6, 6.07) is -2.51. The highest BCUT2D eigenvalue weighted by molar-refractivity contribution is 5.80. The van der Waals surface area contributed by atoms with Gasteiger partial charge in [-0.3, -0.25) is 4.79 Å². The fourth-order valence-corrected chi connectivity index (χ4v) is 5.67. The molecule has 1 amide bonds. The third-order valence-electron chi connectivity index (χ3n) is 8.51. The quantitative estimate of drug-likeness (QED) is 0.103. The summed E-state index contributed by atoms with van der Waals surface area (Å²) in [5, 5.41) is 87.1. The average Bonchev–Trinajstić information content (AvgIpc) is 2.92. The lowest BCUT2D eigenvalue weighted by atomic mass is 9.81. The molecule has 0 spiro atoms. The first-order valence-corrected chi connectivity index (χ1v) is 15.3. The number of nitrogens with two attached hydrogens (primary N) is 1. The topological polar surface area (TPSA) is 254 Å². The van der Waals surface area contributed by atoms with Crippen molar-refractivity contribution in [2.24, 2.45) is 23.5 Å². The lowest BCUT2D eigenvalue weighted by Crippen LogP contribution is -2.64. The number of carbonyl (C=O) groups is 1. The molecule has 0 saturated carbocycles. The van der Waals surface area contributed by atoms with Gasteiger partial charge in [0.1, 0.15) is 24.4 Å². The molecule has 3 aliphatic heterocycles. The van der Waals surface area contributed by atoms with E-state index in [-0.39, 0.29) is 31.3 Å². The zero-order valence-electron chi connectivity index (χ0n) is 25.9. The van der Waals surface area contributed by atoms with E-state index in [9.17, 15) is 45.6 Å². The third kappa shape index (κ3) is 9.15. The summed E-state index contributed by atoms with van der Waals surface area (Å²) in [7, 11) is 0. The number of nitrogens with one attached hydrogen (secondary N) is 1. The summed E-state index contributed by atoms with van der Waals surface area (Å²) >= 11 is 0. The van der Waals surface area contributed by atoms with Crippen LogP contribution in [0.4, 0.5) is 0 Å². The minimum atomic E-state index is -2.04. The number of hydrogen-bond acceptors (Lipinski definition) is 14. The first kappa shape index (κ1) is 37.2. The number of aliphatic hydroxyl groups excluding tert-OH is 7. The molecule has 15 nitrogen and oxygen atoms in total. The van der Waals surface area contributed by atoms with E-state index in [0.29, 0.717) is 0 Å². The van der Waals surface area contributed by atoms with Crippen molar-refractivity contribution in [3.8, 4) is 0 Å². The van der Waals surface area contributed by atoms with Gasteiger partial charge in [-0.2, -0.15) is 0 Å². The Morgan fingerprint density at radius 3 is 2.32 bits per heavy atom. The van der Waals surface area contributed by atoms with Gasteiger partial charge in [0.15, 0.2) is 18.4 Å². The second kappa shape index (κ2) is 15.5. The fourth-order valence-electron chi connectivity index (χ4n) is 5.67. The molecule has 0 aromatic heterocycles. The van der Waals surface area contributed by atoms with Gasteiger partial charge in [-0.1, -0.05) is 39.8 Å². The van der Waals surface area contributed by atoms with E-state index in [1.807, 2.05) is 13.8 Å². The monoisotopic (exact) mass is 636 g/mol. The molecule has 3 saturated heterocycles. The van der Waals surface area contributed by atoms with E-state index in [0.717, 1.165) is 0 Å². The molecule has 3 heterocycles. The molecule has 3 rings (SSSR count). The van der Waals surface area contributed by atoms with Crippen molar-refractivity contribution in [3.05, 3.63) is 12.2 Å². The van der Waals surface area contributed by atoms with Gasteiger partial charge >= 0.3 is 0 Å². The van der Waals surface area contributed by atoms with Crippen molar-refractivity contribution in [2.75, 3.05) is 6.61 Å². The van der Waals surface area contributed by atoms with Gasteiger partial charge in [-0.15, -0.1) is 0 Å². The maximum absolute atomic E-state index is 13.6. The summed E-state index contributed by atoms with van der Waals surface area (Å²) in [4.78, 5) is 13.6. The van der Waals surface area contributed by atoms with Crippen molar-refractivity contribution < 1.29 is 64.6 Å². The average molecular weight is 637 g/mol. The molecule has 0 aromatic rings. The van der Waals surface area contributed by atoms with E-state index >= 15 is 0 Å². The maximum Gasteiger partial charge on any atom is 0.228 e. The van der Waals surface area contributed by atoms with Gasteiger partial charge in [0.25, 0.3) is 0 Å². The van der Waals surface area contributed by atoms with Gasteiger partial charge in [0.05, 0.1) is 55.2 Å². The van der Waals surface area contributed by atoms with E-state index < -0.39 is 104 Å². The van der Waals surface area contributed by atoms with Crippen LogP contribution in [-0.2, 0) is 23.7 Å². The van der Waals surface area contributed by atoms with Crippen LogP contribution >= 0.6 is 0 Å². The Balaban J connectivity index is 1.92. The van der Waals surface area contributed by atoms with Crippen LogP contribution in [0.3, 0.4) is 0 Å². The predicted molar refractivity (Wildman–Crippen MR) is 153 cm³/mol. The Bertz CT molecular complexity index is 956. The lowest BCUT2D eigenvalue weighted by molar-refractivity contribution is -0.308. The Morgan fingerprint density at radius 1 is 1.05 bits per heavy atom. The van der Waals surface area contributed by atoms with Crippen molar-refractivity contribution in [1.82, 2.24) is 5.32 Å². The zero-order valence-corrected chi connectivity index (χ0v) is 25.9. The van der Waals surface area contributed by atoms with E-state index in [1.165, 1.54) is 0 Å². The van der Waals surface area contributed by atoms with E-state index in [4.69, 9.17) is 24.7 Å². The highest BCUT2D eigenvalue weighted by Gasteiger charge is 2.52. The molecule has 0 radical (unpaired) electrons. The van der Waals surface area contributed by atoms with Gasteiger partial charge in [0.2, 0.25) is 5.91 Å². The first-order chi connectivity index (χ1) is 20.4. The summed E-state index contributed by atoms with van der Waals surface area (Å²) in [6.07, 6.45) is -11.4. The van der Waals surface area contributed by atoms with Crippen LogP contribution in [0.5, 0.6) is 0 Å². The van der Waals surface area contributed by atoms with Gasteiger partial charge in [-0.25, -0.2) is 0 Å². The molecule has 15 heteroatoms. The molecular formula is C29H52N2O13. The lowest BCUT2D eigenvalue weighted by Gasteiger charge is -2.46. The summed E-state index contributed by atoms with van der Waals surface area (Å²) in [6.45, 7) is 8.53. The molecule has 3 aliphatic rings. The van der Waals surface area contributed by atoms with Crippen LogP contribution < -0.4 is 11.1 Å². The van der Waals surface area contributed by atoms with Crippen molar-refractivity contribution in [3.63, 3.8) is 0 Å².